The molecule has 0 amide bonds. The number of nitrogen functional groups attached to an aromatic ring is 2. The first-order chi connectivity index (χ1) is 13.1. The molecule has 0 aliphatic carbocycles. The second-order valence-corrected chi connectivity index (χ2v) is 5.97. The molecule has 3 aromatic rings. The molecule has 0 unspecified atom stereocenters. The molecule has 12 heteroatoms. The van der Waals surface area contributed by atoms with Crippen LogP contribution in [0.1, 0.15) is 5.69 Å². The van der Waals surface area contributed by atoms with E-state index in [1.807, 2.05) is 0 Å². The highest BCUT2D eigenvalue weighted by atomic mass is 35.5. The normalized spacial score (nSPS) is 12.4. The van der Waals surface area contributed by atoms with Gasteiger partial charge in [0.05, 0.1) is 11.4 Å². The zero-order chi connectivity index (χ0) is 20.6. The molecule has 3 rings (SSSR count). The number of alkyl halides is 3. The molecule has 0 fully saturated rings. The van der Waals surface area contributed by atoms with E-state index < -0.39 is 22.8 Å². The molecule has 0 radical (unpaired) electrons. The van der Waals surface area contributed by atoms with Crippen molar-refractivity contribution < 1.29 is 17.6 Å². The maximum Gasteiger partial charge on any atom is 0.433 e. The van der Waals surface area contributed by atoms with Crippen LogP contribution in [-0.4, -0.2) is 14.6 Å². The number of halogens is 5. The summed E-state index contributed by atoms with van der Waals surface area (Å²) in [6, 6.07) is 6.95. The number of nitrogens with zero attached hydrogens (tertiary/aromatic N) is 4. The van der Waals surface area contributed by atoms with Crippen molar-refractivity contribution in [3.63, 3.8) is 0 Å². The van der Waals surface area contributed by atoms with Gasteiger partial charge in [0.15, 0.2) is 5.82 Å². The van der Waals surface area contributed by atoms with Gasteiger partial charge in [-0.2, -0.15) is 18.3 Å². The SMILES string of the molecule is N/N=c1/c(N)nc(-c2ccc(F)cc2)c(-c2cc(Cl)nc(C(F)(F)F)c2)n1N. The summed E-state index contributed by atoms with van der Waals surface area (Å²) < 4.78 is 53.7. The molecule has 2 heterocycles. The molecule has 0 saturated heterocycles. The Morgan fingerprint density at radius 2 is 1.68 bits per heavy atom. The second kappa shape index (κ2) is 7.00. The molecule has 6 N–H and O–H groups in total. The van der Waals surface area contributed by atoms with E-state index in [-0.39, 0.29) is 28.3 Å². The third-order valence-electron chi connectivity index (χ3n) is 3.75. The van der Waals surface area contributed by atoms with E-state index in [1.165, 1.54) is 18.2 Å². The molecular weight excluding hydrogens is 402 g/mol. The number of rotatable bonds is 2. The first-order valence-corrected chi connectivity index (χ1v) is 7.92. The minimum atomic E-state index is -4.75. The first kappa shape index (κ1) is 19.4. The lowest BCUT2D eigenvalue weighted by Crippen LogP contribution is -2.34. The van der Waals surface area contributed by atoms with Crippen LogP contribution in [0.15, 0.2) is 41.5 Å². The maximum atomic E-state index is 13.3. The van der Waals surface area contributed by atoms with Gasteiger partial charge in [0.1, 0.15) is 16.7 Å². The number of hydrogen-bond acceptors (Lipinski definition) is 6. The van der Waals surface area contributed by atoms with Gasteiger partial charge in [-0.15, -0.1) is 0 Å². The van der Waals surface area contributed by atoms with E-state index in [9.17, 15) is 17.6 Å². The van der Waals surface area contributed by atoms with Crippen LogP contribution in [0.5, 0.6) is 0 Å². The molecule has 0 aliphatic heterocycles. The van der Waals surface area contributed by atoms with Crippen LogP contribution < -0.4 is 22.9 Å². The van der Waals surface area contributed by atoms with Crippen LogP contribution in [0.4, 0.5) is 23.4 Å². The standard InChI is InChI=1S/C16H12ClF4N7/c17-11-6-8(5-10(25-11)16(19,20)21)13-12(7-1-3-9(18)4-2-7)26-14(22)15(27-23)28(13)24/h1-6H,23-24H2,(H2,22,26)/b27-15-. The van der Waals surface area contributed by atoms with E-state index in [0.29, 0.717) is 5.56 Å². The molecule has 0 saturated carbocycles. The average molecular weight is 414 g/mol. The minimum absolute atomic E-state index is 0.0280. The predicted octanol–water partition coefficient (Wildman–Crippen LogP) is 2.49. The summed E-state index contributed by atoms with van der Waals surface area (Å²) in [5, 5.41) is 3.00. The van der Waals surface area contributed by atoms with Gasteiger partial charge >= 0.3 is 6.18 Å². The predicted molar refractivity (Wildman–Crippen MR) is 95.2 cm³/mol. The summed E-state index contributed by atoms with van der Waals surface area (Å²) in [5.74, 6) is 10.6. The number of pyridine rings is 1. The van der Waals surface area contributed by atoms with Gasteiger partial charge < -0.3 is 17.4 Å². The Hall–Kier alpha value is -3.34. The third kappa shape index (κ3) is 3.56. The molecular formula is C16H12ClF4N7. The van der Waals surface area contributed by atoms with E-state index >= 15 is 0 Å². The Morgan fingerprint density at radius 3 is 2.25 bits per heavy atom. The summed E-state index contributed by atoms with van der Waals surface area (Å²) in [6.07, 6.45) is -4.75. The van der Waals surface area contributed by atoms with Crippen molar-refractivity contribution >= 4 is 17.4 Å². The van der Waals surface area contributed by atoms with Crippen molar-refractivity contribution in [3.8, 4) is 22.5 Å². The van der Waals surface area contributed by atoms with E-state index in [0.717, 1.165) is 22.9 Å². The smallest absolute Gasteiger partial charge is 0.380 e. The molecule has 146 valence electrons. The topological polar surface area (TPSA) is 121 Å². The summed E-state index contributed by atoms with van der Waals surface area (Å²) >= 11 is 5.78. The Morgan fingerprint density at radius 1 is 1.04 bits per heavy atom. The lowest BCUT2D eigenvalue weighted by molar-refractivity contribution is -0.141. The van der Waals surface area contributed by atoms with Gasteiger partial charge in [-0.3, -0.25) is 0 Å². The number of aromatic nitrogens is 3. The van der Waals surface area contributed by atoms with Crippen molar-refractivity contribution in [3.05, 3.63) is 58.6 Å². The van der Waals surface area contributed by atoms with Crippen molar-refractivity contribution in [2.24, 2.45) is 10.9 Å². The molecule has 0 spiro atoms. The van der Waals surface area contributed by atoms with Crippen molar-refractivity contribution in [1.29, 1.82) is 0 Å². The summed E-state index contributed by atoms with van der Waals surface area (Å²) in [4.78, 5) is 7.42. The van der Waals surface area contributed by atoms with Crippen LogP contribution in [0.2, 0.25) is 5.15 Å². The van der Waals surface area contributed by atoms with E-state index in [4.69, 9.17) is 29.0 Å². The van der Waals surface area contributed by atoms with Gasteiger partial charge in [0, 0.05) is 11.1 Å². The second-order valence-electron chi connectivity index (χ2n) is 5.59. The summed E-state index contributed by atoms with van der Waals surface area (Å²) in [7, 11) is 0. The van der Waals surface area contributed by atoms with Crippen molar-refractivity contribution in [1.82, 2.24) is 14.6 Å². The quantitative estimate of drug-likeness (QED) is 0.258. The van der Waals surface area contributed by atoms with Crippen LogP contribution in [0, 0.1) is 5.82 Å². The molecule has 1 aromatic carbocycles. The zero-order valence-electron chi connectivity index (χ0n) is 13.9. The lowest BCUT2D eigenvalue weighted by atomic mass is 10.0. The number of nitrogens with two attached hydrogens (primary N) is 3. The maximum absolute atomic E-state index is 13.3. The molecule has 7 nitrogen and oxygen atoms in total. The molecule has 2 aromatic heterocycles. The van der Waals surface area contributed by atoms with E-state index in [1.54, 1.807) is 0 Å². The summed E-state index contributed by atoms with van der Waals surface area (Å²) in [6.45, 7) is 0. The number of anilines is 1. The fourth-order valence-corrected chi connectivity index (χ4v) is 2.77. The van der Waals surface area contributed by atoms with Gasteiger partial charge in [0.25, 0.3) is 0 Å². The van der Waals surface area contributed by atoms with Gasteiger partial charge in [0.2, 0.25) is 5.49 Å². The van der Waals surface area contributed by atoms with Gasteiger partial charge in [-0.1, -0.05) is 11.6 Å². The first-order valence-electron chi connectivity index (χ1n) is 7.54. The fourth-order valence-electron chi connectivity index (χ4n) is 2.56. The van der Waals surface area contributed by atoms with Gasteiger partial charge in [-0.05, 0) is 36.4 Å². The Bertz CT molecular complexity index is 1110. The largest absolute Gasteiger partial charge is 0.433 e. The Kier molecular flexibility index (Phi) is 4.86. The van der Waals surface area contributed by atoms with Crippen molar-refractivity contribution in [2.45, 2.75) is 6.18 Å². The minimum Gasteiger partial charge on any atom is -0.380 e. The van der Waals surface area contributed by atoms with Crippen LogP contribution in [0.3, 0.4) is 0 Å². The highest BCUT2D eigenvalue weighted by Gasteiger charge is 2.34. The van der Waals surface area contributed by atoms with Crippen LogP contribution in [0.25, 0.3) is 22.5 Å². The summed E-state index contributed by atoms with van der Waals surface area (Å²) in [5.41, 5.74) is 4.71. The fraction of sp³-hybridized carbons (Fsp3) is 0.0625. The highest BCUT2D eigenvalue weighted by molar-refractivity contribution is 6.29. The number of hydrogen-bond donors (Lipinski definition) is 3. The van der Waals surface area contributed by atoms with E-state index in [2.05, 4.69) is 15.1 Å². The third-order valence-corrected chi connectivity index (χ3v) is 3.95. The average Bonchev–Trinajstić information content (AvgIpc) is 2.61. The highest BCUT2D eigenvalue weighted by Crippen LogP contribution is 2.35. The van der Waals surface area contributed by atoms with Crippen molar-refractivity contribution in [2.75, 3.05) is 11.6 Å². The van der Waals surface area contributed by atoms with Crippen LogP contribution >= 0.6 is 11.6 Å². The monoisotopic (exact) mass is 413 g/mol. The Balaban J connectivity index is 2.40. The van der Waals surface area contributed by atoms with Crippen LogP contribution in [-0.2, 0) is 6.18 Å². The number of benzene rings is 1. The Labute approximate surface area is 160 Å². The molecule has 0 atom stereocenters. The molecule has 0 aliphatic rings. The zero-order valence-corrected chi connectivity index (χ0v) is 14.6. The molecule has 0 bridgehead atoms. The lowest BCUT2D eigenvalue weighted by Gasteiger charge is -2.17. The van der Waals surface area contributed by atoms with Gasteiger partial charge in [-0.25, -0.2) is 19.0 Å². The molecule has 28 heavy (non-hydrogen) atoms.